The number of hydrogen-bond donors (Lipinski definition) is 0. The van der Waals surface area contributed by atoms with Crippen LogP contribution in [-0.4, -0.2) is 23.2 Å². The van der Waals surface area contributed by atoms with Crippen LogP contribution in [0.25, 0.3) is 0 Å². The Labute approximate surface area is 100 Å². The molecule has 0 N–H and O–H groups in total. The third-order valence-electron chi connectivity index (χ3n) is 2.22. The highest BCUT2D eigenvalue weighted by molar-refractivity contribution is 6.30. The molecule has 0 aliphatic heterocycles. The van der Waals surface area contributed by atoms with Gasteiger partial charge in [0.25, 0.3) is 0 Å². The number of amides is 1. The number of hydrogen-bond acceptors (Lipinski definition) is 2. The van der Waals surface area contributed by atoms with Crippen molar-refractivity contribution in [1.29, 1.82) is 5.26 Å². The van der Waals surface area contributed by atoms with Crippen molar-refractivity contribution >= 4 is 17.5 Å². The molecule has 1 aromatic rings. The summed E-state index contributed by atoms with van der Waals surface area (Å²) in [6.45, 7) is 2.15. The van der Waals surface area contributed by atoms with Crippen LogP contribution in [0.3, 0.4) is 0 Å². The predicted octanol–water partition coefficient (Wildman–Crippen LogP) is 2.14. The summed E-state index contributed by atoms with van der Waals surface area (Å²) in [4.78, 5) is 13.1. The summed E-state index contributed by atoms with van der Waals surface area (Å²) in [5.41, 5.74) is 1.59. The lowest BCUT2D eigenvalue weighted by atomic mass is 10.1. The highest BCUT2D eigenvalue weighted by atomic mass is 35.5. The van der Waals surface area contributed by atoms with E-state index < -0.39 is 5.38 Å². The molecular weight excluding hydrogens is 224 g/mol. The summed E-state index contributed by atoms with van der Waals surface area (Å²) in [5, 5.41) is 8.13. The zero-order valence-corrected chi connectivity index (χ0v) is 10.0. The summed E-state index contributed by atoms with van der Waals surface area (Å²) < 4.78 is 0. The van der Waals surface area contributed by atoms with Crippen LogP contribution in [0.1, 0.15) is 18.1 Å². The van der Waals surface area contributed by atoms with Crippen molar-refractivity contribution < 1.29 is 4.79 Å². The van der Waals surface area contributed by atoms with Crippen molar-refractivity contribution in [2.24, 2.45) is 0 Å². The van der Waals surface area contributed by atoms with Gasteiger partial charge in [-0.25, -0.2) is 0 Å². The van der Waals surface area contributed by atoms with E-state index in [0.29, 0.717) is 12.1 Å². The van der Waals surface area contributed by atoms with E-state index in [1.54, 1.807) is 31.0 Å². The third-order valence-corrected chi connectivity index (χ3v) is 2.41. The van der Waals surface area contributed by atoms with Crippen molar-refractivity contribution in [1.82, 2.24) is 4.90 Å². The van der Waals surface area contributed by atoms with Gasteiger partial charge >= 0.3 is 0 Å². The molecule has 3 nitrogen and oxygen atoms in total. The van der Waals surface area contributed by atoms with Crippen LogP contribution in [0.15, 0.2) is 24.3 Å². The molecule has 0 bridgehead atoms. The minimum absolute atomic E-state index is 0.106. The van der Waals surface area contributed by atoms with Crippen LogP contribution in [0.2, 0.25) is 0 Å². The average molecular weight is 237 g/mol. The summed E-state index contributed by atoms with van der Waals surface area (Å²) >= 11 is 5.70. The smallest absolute Gasteiger partial charge is 0.240 e. The molecule has 0 spiro atoms. The van der Waals surface area contributed by atoms with Crippen LogP contribution < -0.4 is 0 Å². The summed E-state index contributed by atoms with van der Waals surface area (Å²) in [6.07, 6.45) is 0. The van der Waals surface area contributed by atoms with Gasteiger partial charge in [0.05, 0.1) is 11.6 Å². The molecule has 84 valence electrons. The molecule has 0 aliphatic carbocycles. The molecule has 0 aliphatic rings. The standard InChI is InChI=1S/C12H13ClN2O/c1-9(13)12(16)15(2)8-11-5-3-10(7-14)4-6-11/h3-6,9H,8H2,1-2H3. The molecule has 0 aromatic heterocycles. The SMILES string of the molecule is CC(Cl)C(=O)N(C)Cc1ccc(C#N)cc1. The number of carbonyl (C=O) groups is 1. The van der Waals surface area contributed by atoms with Crippen LogP contribution in [0.5, 0.6) is 0 Å². The molecule has 1 rings (SSSR count). The Balaban J connectivity index is 2.67. The number of benzene rings is 1. The van der Waals surface area contributed by atoms with E-state index >= 15 is 0 Å². The fourth-order valence-electron chi connectivity index (χ4n) is 1.34. The molecule has 0 saturated carbocycles. The molecule has 1 atom stereocenters. The highest BCUT2D eigenvalue weighted by Crippen LogP contribution is 2.08. The number of nitrogens with zero attached hydrogens (tertiary/aromatic N) is 2. The maximum atomic E-state index is 11.5. The van der Waals surface area contributed by atoms with Crippen molar-refractivity contribution in [2.75, 3.05) is 7.05 Å². The lowest BCUT2D eigenvalue weighted by molar-refractivity contribution is -0.129. The lowest BCUT2D eigenvalue weighted by Crippen LogP contribution is -2.31. The van der Waals surface area contributed by atoms with Crippen molar-refractivity contribution in [3.05, 3.63) is 35.4 Å². The lowest BCUT2D eigenvalue weighted by Gasteiger charge is -2.18. The Bertz CT molecular complexity index is 406. The topological polar surface area (TPSA) is 44.1 Å². The predicted molar refractivity (Wildman–Crippen MR) is 62.9 cm³/mol. The zero-order chi connectivity index (χ0) is 12.1. The highest BCUT2D eigenvalue weighted by Gasteiger charge is 2.14. The Morgan fingerprint density at radius 3 is 2.50 bits per heavy atom. The van der Waals surface area contributed by atoms with E-state index in [1.165, 1.54) is 0 Å². The second-order valence-electron chi connectivity index (χ2n) is 3.62. The van der Waals surface area contributed by atoms with Gasteiger partial charge in [0.1, 0.15) is 5.38 Å². The van der Waals surface area contributed by atoms with E-state index in [1.807, 2.05) is 18.2 Å². The van der Waals surface area contributed by atoms with Gasteiger partial charge in [0.2, 0.25) is 5.91 Å². The van der Waals surface area contributed by atoms with E-state index in [0.717, 1.165) is 5.56 Å². The normalized spacial score (nSPS) is 11.6. The zero-order valence-electron chi connectivity index (χ0n) is 9.27. The van der Waals surface area contributed by atoms with E-state index in [4.69, 9.17) is 16.9 Å². The van der Waals surface area contributed by atoms with Crippen LogP contribution in [-0.2, 0) is 11.3 Å². The molecule has 0 saturated heterocycles. The first kappa shape index (κ1) is 12.5. The van der Waals surface area contributed by atoms with Gasteiger partial charge in [-0.05, 0) is 24.6 Å². The molecule has 1 amide bonds. The van der Waals surface area contributed by atoms with Crippen LogP contribution in [0.4, 0.5) is 0 Å². The first-order valence-corrected chi connectivity index (χ1v) is 5.36. The van der Waals surface area contributed by atoms with Gasteiger partial charge in [-0.15, -0.1) is 11.6 Å². The molecule has 0 fully saturated rings. The molecule has 0 heterocycles. The van der Waals surface area contributed by atoms with E-state index in [2.05, 4.69) is 0 Å². The summed E-state index contributed by atoms with van der Waals surface area (Å²) in [7, 11) is 1.71. The first-order chi connectivity index (χ1) is 7.54. The van der Waals surface area contributed by atoms with Crippen molar-refractivity contribution in [3.63, 3.8) is 0 Å². The Morgan fingerprint density at radius 2 is 2.06 bits per heavy atom. The molecular formula is C12H13ClN2O. The number of alkyl halides is 1. The number of carbonyl (C=O) groups excluding carboxylic acids is 1. The Hall–Kier alpha value is -1.53. The molecule has 0 radical (unpaired) electrons. The maximum Gasteiger partial charge on any atom is 0.240 e. The van der Waals surface area contributed by atoms with Gasteiger partial charge in [0.15, 0.2) is 0 Å². The van der Waals surface area contributed by atoms with Gasteiger partial charge in [-0.1, -0.05) is 12.1 Å². The third kappa shape index (κ3) is 3.25. The minimum atomic E-state index is -0.511. The second kappa shape index (κ2) is 5.53. The first-order valence-electron chi connectivity index (χ1n) is 4.92. The maximum absolute atomic E-state index is 11.5. The second-order valence-corrected chi connectivity index (χ2v) is 4.27. The monoisotopic (exact) mass is 236 g/mol. The Kier molecular flexibility index (Phi) is 4.33. The van der Waals surface area contributed by atoms with Gasteiger partial charge < -0.3 is 4.90 Å². The molecule has 1 unspecified atom stereocenters. The fraction of sp³-hybridized carbons (Fsp3) is 0.333. The summed E-state index contributed by atoms with van der Waals surface area (Å²) in [5.74, 6) is -0.106. The van der Waals surface area contributed by atoms with E-state index in [9.17, 15) is 4.79 Å². The van der Waals surface area contributed by atoms with Crippen LogP contribution in [0, 0.1) is 11.3 Å². The fourth-order valence-corrected chi connectivity index (χ4v) is 1.51. The number of rotatable bonds is 3. The number of nitriles is 1. The molecule has 1 aromatic carbocycles. The number of halogens is 1. The molecule has 4 heteroatoms. The van der Waals surface area contributed by atoms with E-state index in [-0.39, 0.29) is 5.91 Å². The van der Waals surface area contributed by atoms with Gasteiger partial charge in [-0.3, -0.25) is 4.79 Å². The quantitative estimate of drug-likeness (QED) is 0.755. The van der Waals surface area contributed by atoms with Crippen molar-refractivity contribution in [2.45, 2.75) is 18.8 Å². The summed E-state index contributed by atoms with van der Waals surface area (Å²) in [6, 6.07) is 9.18. The average Bonchev–Trinajstić information content (AvgIpc) is 2.28. The van der Waals surface area contributed by atoms with Crippen molar-refractivity contribution in [3.8, 4) is 6.07 Å². The largest absolute Gasteiger partial charge is 0.340 e. The van der Waals surface area contributed by atoms with Gasteiger partial charge in [-0.2, -0.15) is 5.26 Å². The molecule has 16 heavy (non-hydrogen) atoms. The Morgan fingerprint density at radius 1 is 1.50 bits per heavy atom. The van der Waals surface area contributed by atoms with Crippen LogP contribution >= 0.6 is 11.6 Å². The van der Waals surface area contributed by atoms with Gasteiger partial charge in [0, 0.05) is 13.6 Å². The minimum Gasteiger partial charge on any atom is -0.340 e.